The summed E-state index contributed by atoms with van der Waals surface area (Å²) < 4.78 is 6.01. The molecule has 0 saturated carbocycles. The summed E-state index contributed by atoms with van der Waals surface area (Å²) in [6, 6.07) is 18.2. The van der Waals surface area contributed by atoms with E-state index in [-0.39, 0.29) is 17.6 Å². The number of rotatable bonds is 5. The van der Waals surface area contributed by atoms with Crippen molar-refractivity contribution in [2.24, 2.45) is 0 Å². The van der Waals surface area contributed by atoms with E-state index in [4.69, 9.17) is 4.74 Å². The van der Waals surface area contributed by atoms with Crippen LogP contribution in [0.4, 0.5) is 0 Å². The van der Waals surface area contributed by atoms with Gasteiger partial charge < -0.3 is 10.1 Å². The van der Waals surface area contributed by atoms with E-state index < -0.39 is 0 Å². The van der Waals surface area contributed by atoms with Crippen LogP contribution in [0.2, 0.25) is 0 Å². The van der Waals surface area contributed by atoms with Crippen molar-refractivity contribution in [3.8, 4) is 5.75 Å². The molecule has 0 fully saturated rings. The zero-order chi connectivity index (χ0) is 17.0. The molecule has 1 heterocycles. The van der Waals surface area contributed by atoms with Crippen LogP contribution in [0.15, 0.2) is 59.5 Å². The Bertz CT molecular complexity index is 700. The van der Waals surface area contributed by atoms with Crippen molar-refractivity contribution in [2.45, 2.75) is 43.2 Å². The first-order valence-corrected chi connectivity index (χ1v) is 9.27. The Morgan fingerprint density at radius 1 is 1.17 bits per heavy atom. The van der Waals surface area contributed by atoms with Crippen LogP contribution in [0.25, 0.3) is 0 Å². The van der Waals surface area contributed by atoms with Crippen molar-refractivity contribution in [2.75, 3.05) is 5.75 Å². The van der Waals surface area contributed by atoms with Crippen LogP contribution in [-0.4, -0.2) is 17.3 Å². The molecule has 1 amide bonds. The molecule has 2 aromatic rings. The third-order valence-electron chi connectivity index (χ3n) is 4.05. The first-order chi connectivity index (χ1) is 11.5. The van der Waals surface area contributed by atoms with Gasteiger partial charge in [0.2, 0.25) is 5.91 Å². The molecule has 0 aromatic heterocycles. The number of benzene rings is 2. The predicted octanol–water partition coefficient (Wildman–Crippen LogP) is 4.59. The van der Waals surface area contributed by atoms with E-state index in [9.17, 15) is 4.79 Å². The molecule has 1 aliphatic heterocycles. The fraction of sp³-hybridized carbons (Fsp3) is 0.350. The number of fused-ring (bicyclic) bond motifs is 1. The second-order valence-electron chi connectivity index (χ2n) is 6.64. The Hall–Kier alpha value is -1.94. The molecule has 0 saturated heterocycles. The minimum absolute atomic E-state index is 0.0131. The van der Waals surface area contributed by atoms with E-state index in [0.29, 0.717) is 6.42 Å². The molecule has 0 bridgehead atoms. The summed E-state index contributed by atoms with van der Waals surface area (Å²) in [5.74, 6) is 1.75. The Morgan fingerprint density at radius 2 is 1.88 bits per heavy atom. The van der Waals surface area contributed by atoms with Crippen LogP contribution in [0.5, 0.6) is 5.75 Å². The normalized spacial score (nSPS) is 18.3. The fourth-order valence-electron chi connectivity index (χ4n) is 2.98. The molecule has 1 aliphatic rings. The van der Waals surface area contributed by atoms with E-state index in [2.05, 4.69) is 31.3 Å². The van der Waals surface area contributed by atoms with Gasteiger partial charge in [0.05, 0.1) is 6.04 Å². The number of carbonyl (C=O) groups is 1. The van der Waals surface area contributed by atoms with Crippen LogP contribution in [0, 0.1) is 0 Å². The number of para-hydroxylation sites is 1. The average Bonchev–Trinajstić information content (AvgIpc) is 2.55. The summed E-state index contributed by atoms with van der Waals surface area (Å²) >= 11 is 1.71. The maximum absolute atomic E-state index is 12.4. The Morgan fingerprint density at radius 3 is 2.67 bits per heavy atom. The second-order valence-corrected chi connectivity index (χ2v) is 7.80. The number of hydrogen-bond donors (Lipinski definition) is 1. The topological polar surface area (TPSA) is 38.3 Å². The minimum Gasteiger partial charge on any atom is -0.487 e. The molecule has 0 radical (unpaired) electrons. The number of hydrogen-bond acceptors (Lipinski definition) is 3. The molecular formula is C20H23NO2S. The molecule has 1 atom stereocenters. The van der Waals surface area contributed by atoms with Crippen LogP contribution in [0.1, 0.15) is 38.3 Å². The van der Waals surface area contributed by atoms with Crippen molar-refractivity contribution in [1.82, 2.24) is 5.32 Å². The van der Waals surface area contributed by atoms with Gasteiger partial charge in [-0.25, -0.2) is 0 Å². The zero-order valence-electron chi connectivity index (χ0n) is 14.1. The van der Waals surface area contributed by atoms with Gasteiger partial charge in [0.1, 0.15) is 11.4 Å². The van der Waals surface area contributed by atoms with E-state index in [0.717, 1.165) is 23.5 Å². The molecule has 24 heavy (non-hydrogen) atoms. The van der Waals surface area contributed by atoms with Crippen LogP contribution < -0.4 is 10.1 Å². The Kier molecular flexibility index (Phi) is 5.14. The highest BCUT2D eigenvalue weighted by Gasteiger charge is 2.34. The zero-order valence-corrected chi connectivity index (χ0v) is 14.9. The van der Waals surface area contributed by atoms with Crippen molar-refractivity contribution in [3.63, 3.8) is 0 Å². The number of nitrogens with one attached hydrogen (secondary N) is 1. The molecule has 1 N–H and O–H groups in total. The van der Waals surface area contributed by atoms with Gasteiger partial charge >= 0.3 is 0 Å². The Balaban J connectivity index is 1.58. The smallest absolute Gasteiger partial charge is 0.221 e. The largest absolute Gasteiger partial charge is 0.487 e. The lowest BCUT2D eigenvalue weighted by Gasteiger charge is -2.37. The summed E-state index contributed by atoms with van der Waals surface area (Å²) in [6.07, 6.45) is 1.29. The van der Waals surface area contributed by atoms with Crippen molar-refractivity contribution >= 4 is 17.7 Å². The third-order valence-corrected chi connectivity index (χ3v) is 5.07. The van der Waals surface area contributed by atoms with E-state index >= 15 is 0 Å². The lowest BCUT2D eigenvalue weighted by molar-refractivity contribution is -0.121. The molecule has 126 valence electrons. The van der Waals surface area contributed by atoms with Gasteiger partial charge in [-0.05, 0) is 32.0 Å². The number of ether oxygens (including phenoxy) is 1. The molecular weight excluding hydrogens is 318 g/mol. The average molecular weight is 341 g/mol. The number of thioether (sulfide) groups is 1. The second kappa shape index (κ2) is 7.31. The molecule has 1 unspecified atom stereocenters. The maximum atomic E-state index is 12.4. The van der Waals surface area contributed by atoms with E-state index in [1.54, 1.807) is 11.8 Å². The maximum Gasteiger partial charge on any atom is 0.221 e. The summed E-state index contributed by atoms with van der Waals surface area (Å²) in [4.78, 5) is 13.6. The minimum atomic E-state index is -0.273. The molecule has 2 aromatic carbocycles. The molecule has 3 nitrogen and oxygen atoms in total. The van der Waals surface area contributed by atoms with E-state index in [1.165, 1.54) is 4.90 Å². The quantitative estimate of drug-likeness (QED) is 0.809. The predicted molar refractivity (Wildman–Crippen MR) is 98.4 cm³/mol. The highest BCUT2D eigenvalue weighted by molar-refractivity contribution is 7.99. The molecule has 0 spiro atoms. The summed E-state index contributed by atoms with van der Waals surface area (Å²) in [5, 5.41) is 3.18. The van der Waals surface area contributed by atoms with Gasteiger partial charge in [0, 0.05) is 29.1 Å². The fourth-order valence-corrected chi connectivity index (χ4v) is 3.85. The van der Waals surface area contributed by atoms with Crippen LogP contribution in [-0.2, 0) is 4.79 Å². The van der Waals surface area contributed by atoms with Gasteiger partial charge in [0.15, 0.2) is 0 Å². The third kappa shape index (κ3) is 4.32. The highest BCUT2D eigenvalue weighted by Crippen LogP contribution is 2.39. The summed E-state index contributed by atoms with van der Waals surface area (Å²) in [6.45, 7) is 4.13. The van der Waals surface area contributed by atoms with Crippen LogP contribution in [0.3, 0.4) is 0 Å². The SMILES string of the molecule is CC1(C)CC(NC(=O)CCSc2ccccc2)c2ccccc2O1. The molecule has 4 heteroatoms. The lowest BCUT2D eigenvalue weighted by atomic mass is 9.89. The molecule has 3 rings (SSSR count). The van der Waals surface area contributed by atoms with Gasteiger partial charge in [-0.15, -0.1) is 11.8 Å². The monoisotopic (exact) mass is 341 g/mol. The van der Waals surface area contributed by atoms with Crippen LogP contribution >= 0.6 is 11.8 Å². The highest BCUT2D eigenvalue weighted by atomic mass is 32.2. The number of amides is 1. The molecule has 0 aliphatic carbocycles. The first kappa shape index (κ1) is 16.9. The van der Waals surface area contributed by atoms with Gasteiger partial charge in [-0.2, -0.15) is 0 Å². The van der Waals surface area contributed by atoms with Gasteiger partial charge in [-0.1, -0.05) is 36.4 Å². The summed E-state index contributed by atoms with van der Waals surface area (Å²) in [7, 11) is 0. The van der Waals surface area contributed by atoms with Gasteiger partial charge in [-0.3, -0.25) is 4.79 Å². The standard InChI is InChI=1S/C20H23NO2S/c1-20(2)14-17(16-10-6-7-11-18(16)23-20)21-19(22)12-13-24-15-8-4-3-5-9-15/h3-11,17H,12-14H2,1-2H3,(H,21,22). The van der Waals surface area contributed by atoms with Crippen molar-refractivity contribution in [3.05, 3.63) is 60.2 Å². The lowest BCUT2D eigenvalue weighted by Crippen LogP contribution is -2.41. The van der Waals surface area contributed by atoms with Gasteiger partial charge in [0.25, 0.3) is 0 Å². The Labute approximate surface area is 147 Å². The van der Waals surface area contributed by atoms with E-state index in [1.807, 2.05) is 42.5 Å². The van der Waals surface area contributed by atoms with Crippen molar-refractivity contribution < 1.29 is 9.53 Å². The first-order valence-electron chi connectivity index (χ1n) is 8.29. The van der Waals surface area contributed by atoms with Crippen molar-refractivity contribution in [1.29, 1.82) is 0 Å². The number of carbonyl (C=O) groups excluding carboxylic acids is 1. The summed E-state index contributed by atoms with van der Waals surface area (Å²) in [5.41, 5.74) is 0.798.